The molecule has 0 unspecified atom stereocenters. The van der Waals surface area contributed by atoms with E-state index in [4.69, 9.17) is 0 Å². The van der Waals surface area contributed by atoms with Gasteiger partial charge in [0, 0.05) is 6.54 Å². The van der Waals surface area contributed by atoms with Gasteiger partial charge in [0.05, 0.1) is 0 Å². The Morgan fingerprint density at radius 2 is 0.826 bits per heavy atom. The third-order valence-electron chi connectivity index (χ3n) is 4.74. The van der Waals surface area contributed by atoms with Crippen LogP contribution >= 0.6 is 0 Å². The zero-order chi connectivity index (χ0) is 17.0. The van der Waals surface area contributed by atoms with Gasteiger partial charge in [-0.2, -0.15) is 0 Å². The molecule has 0 aliphatic carbocycles. The summed E-state index contributed by atoms with van der Waals surface area (Å²) in [6.45, 7) is 10.9. The lowest BCUT2D eigenvalue weighted by molar-refractivity contribution is 0.465. The van der Waals surface area contributed by atoms with E-state index >= 15 is 0 Å². The standard InChI is InChI=1S/C22H43N/c1-4-7-8-9-10-11-12-13-14-15-16-17-18-19-20-21-22-23(5-2)6-3/h5-6H,2-4,7-22H2,1H3. The van der Waals surface area contributed by atoms with Crippen LogP contribution in [-0.2, 0) is 0 Å². The monoisotopic (exact) mass is 321 g/mol. The third kappa shape index (κ3) is 17.5. The minimum absolute atomic E-state index is 1.07. The summed E-state index contributed by atoms with van der Waals surface area (Å²) in [5.74, 6) is 0. The molecule has 0 saturated carbocycles. The van der Waals surface area contributed by atoms with Gasteiger partial charge in [0.2, 0.25) is 0 Å². The largest absolute Gasteiger partial charge is 0.355 e. The Morgan fingerprint density at radius 3 is 1.13 bits per heavy atom. The van der Waals surface area contributed by atoms with Gasteiger partial charge in [0.25, 0.3) is 0 Å². The van der Waals surface area contributed by atoms with Crippen LogP contribution in [-0.4, -0.2) is 11.4 Å². The van der Waals surface area contributed by atoms with Gasteiger partial charge in [0.1, 0.15) is 0 Å². The first kappa shape index (κ1) is 22.3. The normalized spacial score (nSPS) is 10.7. The van der Waals surface area contributed by atoms with Crippen molar-refractivity contribution in [3.8, 4) is 0 Å². The zero-order valence-corrected chi connectivity index (χ0v) is 16.0. The van der Waals surface area contributed by atoms with E-state index in [9.17, 15) is 0 Å². The van der Waals surface area contributed by atoms with Gasteiger partial charge in [-0.15, -0.1) is 0 Å². The lowest BCUT2D eigenvalue weighted by Gasteiger charge is -2.13. The fourth-order valence-corrected chi connectivity index (χ4v) is 3.10. The Hall–Kier alpha value is -0.720. The van der Waals surface area contributed by atoms with E-state index in [1.807, 2.05) is 12.4 Å². The fraction of sp³-hybridized carbons (Fsp3) is 0.818. The highest BCUT2D eigenvalue weighted by molar-refractivity contribution is 4.79. The highest BCUT2D eigenvalue weighted by Crippen LogP contribution is 2.13. The van der Waals surface area contributed by atoms with Gasteiger partial charge in [-0.1, -0.05) is 116 Å². The van der Waals surface area contributed by atoms with Gasteiger partial charge in [0.15, 0.2) is 0 Å². The Bertz CT molecular complexity index is 238. The van der Waals surface area contributed by atoms with Gasteiger partial charge < -0.3 is 4.90 Å². The molecule has 0 heterocycles. The van der Waals surface area contributed by atoms with E-state index in [1.165, 1.54) is 103 Å². The quantitative estimate of drug-likeness (QED) is 0.219. The second kappa shape index (κ2) is 19.3. The predicted octanol–water partition coefficient (Wildman–Crippen LogP) is 7.84. The fourth-order valence-electron chi connectivity index (χ4n) is 3.10. The Kier molecular flexibility index (Phi) is 18.7. The molecule has 0 amide bonds. The van der Waals surface area contributed by atoms with Crippen LogP contribution in [0.25, 0.3) is 0 Å². The first-order valence-corrected chi connectivity index (χ1v) is 10.4. The smallest absolute Gasteiger partial charge is 0.0219 e. The van der Waals surface area contributed by atoms with Gasteiger partial charge in [-0.3, -0.25) is 0 Å². The molecule has 0 saturated heterocycles. The van der Waals surface area contributed by atoms with Gasteiger partial charge in [-0.25, -0.2) is 0 Å². The average molecular weight is 322 g/mol. The van der Waals surface area contributed by atoms with Crippen molar-refractivity contribution in [2.24, 2.45) is 0 Å². The molecule has 0 fully saturated rings. The van der Waals surface area contributed by atoms with Crippen LogP contribution in [0.4, 0.5) is 0 Å². The third-order valence-corrected chi connectivity index (χ3v) is 4.74. The Morgan fingerprint density at radius 1 is 0.522 bits per heavy atom. The summed E-state index contributed by atoms with van der Waals surface area (Å²) in [4.78, 5) is 2.07. The van der Waals surface area contributed by atoms with Crippen molar-refractivity contribution in [3.05, 3.63) is 25.6 Å². The molecular weight excluding hydrogens is 278 g/mol. The molecule has 0 aliphatic rings. The van der Waals surface area contributed by atoms with Crippen LogP contribution in [0.2, 0.25) is 0 Å². The molecule has 0 radical (unpaired) electrons. The van der Waals surface area contributed by atoms with Crippen molar-refractivity contribution in [1.82, 2.24) is 4.90 Å². The molecule has 1 heteroatoms. The lowest BCUT2D eigenvalue weighted by Crippen LogP contribution is -2.09. The second-order valence-electron chi connectivity index (χ2n) is 6.91. The highest BCUT2D eigenvalue weighted by Gasteiger charge is 1.95. The number of hydrogen-bond donors (Lipinski definition) is 0. The summed E-state index contributed by atoms with van der Waals surface area (Å²) in [7, 11) is 0. The minimum atomic E-state index is 1.07. The molecule has 136 valence electrons. The molecule has 0 aromatic heterocycles. The highest BCUT2D eigenvalue weighted by atomic mass is 15.1. The maximum atomic E-state index is 3.78. The number of rotatable bonds is 19. The average Bonchev–Trinajstić information content (AvgIpc) is 2.58. The van der Waals surface area contributed by atoms with Gasteiger partial charge in [-0.05, 0) is 18.8 Å². The summed E-state index contributed by atoms with van der Waals surface area (Å²) in [5.41, 5.74) is 0. The molecule has 1 nitrogen and oxygen atoms in total. The van der Waals surface area contributed by atoms with Crippen LogP contribution in [0.1, 0.15) is 110 Å². The summed E-state index contributed by atoms with van der Waals surface area (Å²) in [5, 5.41) is 0. The van der Waals surface area contributed by atoms with Crippen molar-refractivity contribution >= 4 is 0 Å². The van der Waals surface area contributed by atoms with E-state index in [-0.39, 0.29) is 0 Å². The van der Waals surface area contributed by atoms with Crippen LogP contribution in [0.5, 0.6) is 0 Å². The molecule has 0 atom stereocenters. The van der Waals surface area contributed by atoms with Crippen molar-refractivity contribution in [2.75, 3.05) is 6.54 Å². The summed E-state index contributed by atoms with van der Waals surface area (Å²) in [6, 6.07) is 0. The molecule has 0 N–H and O–H groups in total. The Labute approximate surface area is 147 Å². The first-order valence-electron chi connectivity index (χ1n) is 10.4. The minimum Gasteiger partial charge on any atom is -0.355 e. The number of nitrogens with zero attached hydrogens (tertiary/aromatic N) is 1. The molecule has 0 aromatic carbocycles. The van der Waals surface area contributed by atoms with Crippen molar-refractivity contribution < 1.29 is 0 Å². The first-order chi connectivity index (χ1) is 11.3. The van der Waals surface area contributed by atoms with Crippen LogP contribution in [0, 0.1) is 0 Å². The Balaban J connectivity index is 3.05. The topological polar surface area (TPSA) is 3.24 Å². The van der Waals surface area contributed by atoms with E-state index in [1.54, 1.807) is 0 Å². The van der Waals surface area contributed by atoms with E-state index < -0.39 is 0 Å². The summed E-state index contributed by atoms with van der Waals surface area (Å²) < 4.78 is 0. The second-order valence-corrected chi connectivity index (χ2v) is 6.91. The van der Waals surface area contributed by atoms with Crippen molar-refractivity contribution in [2.45, 2.75) is 110 Å². The molecule has 0 aromatic rings. The van der Waals surface area contributed by atoms with Gasteiger partial charge >= 0.3 is 0 Å². The predicted molar refractivity (Wildman–Crippen MR) is 107 cm³/mol. The number of hydrogen-bond acceptors (Lipinski definition) is 1. The zero-order valence-electron chi connectivity index (χ0n) is 16.0. The molecular formula is C22H43N. The summed E-state index contributed by atoms with van der Waals surface area (Å²) in [6.07, 6.45) is 26.5. The van der Waals surface area contributed by atoms with E-state index in [2.05, 4.69) is 25.0 Å². The maximum absolute atomic E-state index is 3.78. The SMILES string of the molecule is C=CN(C=C)CCCCCCCCCCCCCCCCCC. The molecule has 0 bridgehead atoms. The molecule has 0 rings (SSSR count). The summed E-state index contributed by atoms with van der Waals surface area (Å²) >= 11 is 0. The van der Waals surface area contributed by atoms with Crippen molar-refractivity contribution in [3.63, 3.8) is 0 Å². The maximum Gasteiger partial charge on any atom is 0.0219 e. The van der Waals surface area contributed by atoms with Crippen LogP contribution in [0.15, 0.2) is 25.6 Å². The molecule has 0 aliphatic heterocycles. The number of unbranched alkanes of at least 4 members (excludes halogenated alkanes) is 15. The van der Waals surface area contributed by atoms with E-state index in [0.29, 0.717) is 0 Å². The van der Waals surface area contributed by atoms with Crippen molar-refractivity contribution in [1.29, 1.82) is 0 Å². The van der Waals surface area contributed by atoms with Crippen LogP contribution in [0.3, 0.4) is 0 Å². The molecule has 0 spiro atoms. The molecule has 23 heavy (non-hydrogen) atoms. The lowest BCUT2D eigenvalue weighted by atomic mass is 10.0. The van der Waals surface area contributed by atoms with Crippen LogP contribution < -0.4 is 0 Å². The van der Waals surface area contributed by atoms with E-state index in [0.717, 1.165) is 6.54 Å².